The van der Waals surface area contributed by atoms with Crippen molar-refractivity contribution >= 4 is 28.5 Å². The van der Waals surface area contributed by atoms with Crippen LogP contribution in [0.1, 0.15) is 59.1 Å². The van der Waals surface area contributed by atoms with E-state index in [9.17, 15) is 4.79 Å². The quantitative estimate of drug-likeness (QED) is 0.309. The molecule has 0 spiro atoms. The average Bonchev–Trinajstić information content (AvgIpc) is 3.31. The molecule has 1 unspecified atom stereocenters. The van der Waals surface area contributed by atoms with Crippen molar-refractivity contribution in [2.75, 3.05) is 44.0 Å². The molecule has 0 aliphatic carbocycles. The molecule has 1 fully saturated rings. The molecule has 206 valence electrons. The Morgan fingerprint density at radius 3 is 2.76 bits per heavy atom. The van der Waals surface area contributed by atoms with Gasteiger partial charge in [0.05, 0.1) is 24.5 Å². The second kappa shape index (κ2) is 12.9. The lowest BCUT2D eigenvalue weighted by atomic mass is 10.0. The second-order valence-electron chi connectivity index (χ2n) is 10.4. The maximum atomic E-state index is 11.7. The molecule has 0 radical (unpaired) electrons. The summed E-state index contributed by atoms with van der Waals surface area (Å²) in [5.74, 6) is 0.371. The molecule has 3 heterocycles. The zero-order valence-corrected chi connectivity index (χ0v) is 22.5. The number of unbranched alkanes of at least 4 members (excludes halogenated alkanes) is 1. The van der Waals surface area contributed by atoms with E-state index in [0.29, 0.717) is 32.1 Å². The van der Waals surface area contributed by atoms with Crippen LogP contribution in [0.25, 0.3) is 22.0 Å². The van der Waals surface area contributed by atoms with Crippen molar-refractivity contribution in [2.24, 2.45) is 0 Å². The van der Waals surface area contributed by atoms with Gasteiger partial charge in [-0.2, -0.15) is 10.2 Å². The lowest BCUT2D eigenvalue weighted by Gasteiger charge is -2.23. The first kappa shape index (κ1) is 27.6. The summed E-state index contributed by atoms with van der Waals surface area (Å²) < 4.78 is 19.0. The van der Waals surface area contributed by atoms with E-state index in [4.69, 9.17) is 19.9 Å². The highest BCUT2D eigenvalue weighted by molar-refractivity contribution is 5.95. The summed E-state index contributed by atoms with van der Waals surface area (Å²) in [7, 11) is 0. The van der Waals surface area contributed by atoms with E-state index in [0.717, 1.165) is 66.4 Å². The van der Waals surface area contributed by atoms with Gasteiger partial charge < -0.3 is 30.6 Å². The molecule has 1 aromatic carbocycles. The minimum Gasteiger partial charge on any atom is -0.444 e. The number of rotatable bonds is 11. The summed E-state index contributed by atoms with van der Waals surface area (Å²) in [4.78, 5) is 11.7. The van der Waals surface area contributed by atoms with E-state index in [1.54, 1.807) is 6.20 Å². The molecule has 2 aromatic heterocycles. The van der Waals surface area contributed by atoms with Crippen molar-refractivity contribution in [3.8, 4) is 11.1 Å². The number of nitrogens with two attached hydrogens (primary N) is 1. The zero-order chi connectivity index (χ0) is 27.0. The third-order valence-corrected chi connectivity index (χ3v) is 6.10. The van der Waals surface area contributed by atoms with Gasteiger partial charge in [0.2, 0.25) is 0 Å². The number of amides is 1. The number of nitrogen functional groups attached to an aromatic ring is 1. The number of aromatic nitrogens is 4. The van der Waals surface area contributed by atoms with Crippen molar-refractivity contribution in [2.45, 2.75) is 64.7 Å². The second-order valence-corrected chi connectivity index (χ2v) is 10.4. The molecule has 0 saturated carbocycles. The highest BCUT2D eigenvalue weighted by atomic mass is 16.6. The van der Waals surface area contributed by atoms with Gasteiger partial charge in [-0.1, -0.05) is 0 Å². The van der Waals surface area contributed by atoms with Crippen LogP contribution in [0.3, 0.4) is 0 Å². The molecule has 1 aliphatic rings. The zero-order valence-electron chi connectivity index (χ0n) is 22.5. The molecule has 1 saturated heterocycles. The van der Waals surface area contributed by atoms with Gasteiger partial charge in [0.15, 0.2) is 6.23 Å². The summed E-state index contributed by atoms with van der Waals surface area (Å²) in [5.41, 5.74) is 9.21. The number of anilines is 2. The van der Waals surface area contributed by atoms with Gasteiger partial charge in [0, 0.05) is 42.9 Å². The fraction of sp³-hybridized carbons (Fsp3) is 0.556. The van der Waals surface area contributed by atoms with Crippen LogP contribution in [0.5, 0.6) is 0 Å². The van der Waals surface area contributed by atoms with Crippen molar-refractivity contribution < 1.29 is 19.0 Å². The van der Waals surface area contributed by atoms with Crippen LogP contribution >= 0.6 is 0 Å². The fourth-order valence-corrected chi connectivity index (χ4v) is 4.34. The number of fused-ring (bicyclic) bond motifs is 1. The fourth-order valence-electron chi connectivity index (χ4n) is 4.34. The van der Waals surface area contributed by atoms with Gasteiger partial charge in [-0.15, -0.1) is 5.10 Å². The Morgan fingerprint density at radius 2 is 2.00 bits per heavy atom. The number of carbonyl (C=O) groups excluding carboxylic acids is 1. The van der Waals surface area contributed by atoms with Gasteiger partial charge in [-0.25, -0.2) is 9.48 Å². The Hall–Kier alpha value is -3.44. The first-order valence-corrected chi connectivity index (χ1v) is 13.3. The van der Waals surface area contributed by atoms with Gasteiger partial charge in [-0.05, 0) is 76.6 Å². The van der Waals surface area contributed by atoms with Crippen molar-refractivity contribution in [3.05, 3.63) is 30.6 Å². The molecular formula is C27H39N7O4. The normalized spacial score (nSPS) is 15.9. The predicted octanol–water partition coefficient (Wildman–Crippen LogP) is 4.51. The SMILES string of the molecule is CC(C)(C)OC(=O)NCCCCOCCNc1cc(-c2cnnc(N)c2)cc2c1cnn2C1CCCCO1. The Balaban J connectivity index is 1.33. The van der Waals surface area contributed by atoms with Crippen LogP contribution in [0.4, 0.5) is 16.3 Å². The van der Waals surface area contributed by atoms with Crippen LogP contribution in [0, 0.1) is 0 Å². The number of ether oxygens (including phenoxy) is 3. The standard InChI is InChI=1S/C27H39N7O4/c1-27(2,3)38-26(35)30-9-5-7-11-36-13-10-29-22-14-19(20-16-24(28)33-31-17-20)15-23-21(22)18-32-34(23)25-8-4-6-12-37-25/h14-18,25,29H,4-13H2,1-3H3,(H2,28,33)(H,30,35). The summed E-state index contributed by atoms with van der Waals surface area (Å²) >= 11 is 0. The van der Waals surface area contributed by atoms with E-state index in [1.807, 2.05) is 37.7 Å². The van der Waals surface area contributed by atoms with Gasteiger partial charge in [-0.3, -0.25) is 0 Å². The largest absolute Gasteiger partial charge is 0.444 e. The van der Waals surface area contributed by atoms with Crippen molar-refractivity contribution in [1.29, 1.82) is 0 Å². The van der Waals surface area contributed by atoms with E-state index in [2.05, 4.69) is 38.1 Å². The molecular weight excluding hydrogens is 486 g/mol. The molecule has 0 bridgehead atoms. The summed E-state index contributed by atoms with van der Waals surface area (Å²) in [6.45, 7) is 8.65. The highest BCUT2D eigenvalue weighted by Crippen LogP contribution is 2.34. The van der Waals surface area contributed by atoms with Crippen LogP contribution < -0.4 is 16.4 Å². The topological polar surface area (TPSA) is 138 Å². The smallest absolute Gasteiger partial charge is 0.407 e. The number of hydrogen-bond acceptors (Lipinski definition) is 9. The summed E-state index contributed by atoms with van der Waals surface area (Å²) in [5, 5.41) is 19.9. The number of nitrogens with zero attached hydrogens (tertiary/aromatic N) is 4. The minimum absolute atomic E-state index is 0.0712. The van der Waals surface area contributed by atoms with E-state index < -0.39 is 5.60 Å². The number of nitrogens with one attached hydrogen (secondary N) is 2. The number of alkyl carbamates (subject to hydrolysis) is 1. The van der Waals surface area contributed by atoms with E-state index >= 15 is 0 Å². The molecule has 4 N–H and O–H groups in total. The molecule has 1 atom stereocenters. The molecule has 1 aliphatic heterocycles. The minimum atomic E-state index is -0.490. The third-order valence-electron chi connectivity index (χ3n) is 6.10. The first-order chi connectivity index (χ1) is 18.3. The number of benzene rings is 1. The number of hydrogen-bond donors (Lipinski definition) is 3. The summed E-state index contributed by atoms with van der Waals surface area (Å²) in [6, 6.07) is 6.00. The number of carbonyl (C=O) groups is 1. The predicted molar refractivity (Wildman–Crippen MR) is 147 cm³/mol. The Labute approximate surface area is 223 Å². The van der Waals surface area contributed by atoms with Crippen LogP contribution in [-0.2, 0) is 14.2 Å². The Kier molecular flexibility index (Phi) is 9.35. The van der Waals surface area contributed by atoms with Gasteiger partial charge in [0.25, 0.3) is 0 Å². The molecule has 38 heavy (non-hydrogen) atoms. The lowest BCUT2D eigenvalue weighted by molar-refractivity contribution is -0.0366. The molecule has 3 aromatic rings. The molecule has 1 amide bonds. The van der Waals surface area contributed by atoms with Gasteiger partial charge in [0.1, 0.15) is 11.4 Å². The Morgan fingerprint density at radius 1 is 1.13 bits per heavy atom. The van der Waals surface area contributed by atoms with E-state index in [1.165, 1.54) is 0 Å². The van der Waals surface area contributed by atoms with Crippen molar-refractivity contribution in [1.82, 2.24) is 25.3 Å². The molecule has 4 rings (SSSR count). The van der Waals surface area contributed by atoms with Crippen molar-refractivity contribution in [3.63, 3.8) is 0 Å². The summed E-state index contributed by atoms with van der Waals surface area (Å²) in [6.07, 6.45) is 7.94. The van der Waals surface area contributed by atoms with Crippen LogP contribution in [-0.4, -0.2) is 64.6 Å². The Bertz CT molecular complexity index is 1200. The van der Waals surface area contributed by atoms with Crippen LogP contribution in [0.15, 0.2) is 30.6 Å². The third kappa shape index (κ3) is 7.78. The average molecular weight is 526 g/mol. The maximum Gasteiger partial charge on any atom is 0.407 e. The highest BCUT2D eigenvalue weighted by Gasteiger charge is 2.20. The first-order valence-electron chi connectivity index (χ1n) is 13.3. The van der Waals surface area contributed by atoms with Crippen LogP contribution in [0.2, 0.25) is 0 Å². The monoisotopic (exact) mass is 525 g/mol. The molecule has 11 heteroatoms. The lowest BCUT2D eigenvalue weighted by Crippen LogP contribution is -2.33. The van der Waals surface area contributed by atoms with Gasteiger partial charge >= 0.3 is 6.09 Å². The molecule has 11 nitrogen and oxygen atoms in total. The van der Waals surface area contributed by atoms with E-state index in [-0.39, 0.29) is 12.3 Å². The maximum absolute atomic E-state index is 11.7.